The molecule has 0 saturated carbocycles. The van der Waals surface area contributed by atoms with Gasteiger partial charge in [-0.05, 0) is 43.2 Å². The van der Waals surface area contributed by atoms with Crippen LogP contribution in [0.25, 0.3) is 0 Å². The fourth-order valence-corrected chi connectivity index (χ4v) is 2.31. The lowest BCUT2D eigenvalue weighted by Gasteiger charge is -2.20. The van der Waals surface area contributed by atoms with Crippen LogP contribution in [-0.4, -0.2) is 13.1 Å². The van der Waals surface area contributed by atoms with Crippen LogP contribution < -0.4 is 10.6 Å². The molecule has 1 unspecified atom stereocenters. The molecule has 0 amide bonds. The topological polar surface area (TPSA) is 29.3 Å². The number of rotatable bonds is 4. The Labute approximate surface area is 119 Å². The summed E-state index contributed by atoms with van der Waals surface area (Å²) in [5.74, 6) is 0. The SMILES string of the molecule is CC(N)Cc1ccc(N(C)c2ccccc2)cc1Cl. The molecule has 3 heteroatoms. The molecule has 19 heavy (non-hydrogen) atoms. The second kappa shape index (κ2) is 6.09. The molecule has 0 fully saturated rings. The molecule has 2 aromatic carbocycles. The Morgan fingerprint density at radius 3 is 2.37 bits per heavy atom. The number of anilines is 2. The molecule has 1 atom stereocenters. The van der Waals surface area contributed by atoms with E-state index in [0.717, 1.165) is 28.4 Å². The van der Waals surface area contributed by atoms with E-state index in [4.69, 9.17) is 17.3 Å². The van der Waals surface area contributed by atoms with Gasteiger partial charge in [0.25, 0.3) is 0 Å². The highest BCUT2D eigenvalue weighted by atomic mass is 35.5. The highest BCUT2D eigenvalue weighted by Gasteiger charge is 2.08. The average Bonchev–Trinajstić information content (AvgIpc) is 2.41. The van der Waals surface area contributed by atoms with Crippen LogP contribution in [0.2, 0.25) is 5.02 Å². The highest BCUT2D eigenvalue weighted by Crippen LogP contribution is 2.28. The number of benzene rings is 2. The average molecular weight is 275 g/mol. The number of hydrogen-bond donors (Lipinski definition) is 1. The molecule has 0 saturated heterocycles. The Morgan fingerprint density at radius 1 is 1.11 bits per heavy atom. The highest BCUT2D eigenvalue weighted by molar-refractivity contribution is 6.31. The minimum absolute atomic E-state index is 0.121. The summed E-state index contributed by atoms with van der Waals surface area (Å²) >= 11 is 6.32. The van der Waals surface area contributed by atoms with Crippen molar-refractivity contribution >= 4 is 23.0 Å². The van der Waals surface area contributed by atoms with Gasteiger partial charge in [-0.2, -0.15) is 0 Å². The zero-order valence-electron chi connectivity index (χ0n) is 11.3. The van der Waals surface area contributed by atoms with Crippen molar-refractivity contribution in [2.45, 2.75) is 19.4 Å². The van der Waals surface area contributed by atoms with Crippen molar-refractivity contribution in [3.63, 3.8) is 0 Å². The van der Waals surface area contributed by atoms with Crippen LogP contribution in [0.15, 0.2) is 48.5 Å². The Morgan fingerprint density at radius 2 is 1.79 bits per heavy atom. The van der Waals surface area contributed by atoms with Gasteiger partial charge in [0.2, 0.25) is 0 Å². The second-order valence-electron chi connectivity index (χ2n) is 4.85. The predicted octanol–water partition coefficient (Wildman–Crippen LogP) is 4.00. The van der Waals surface area contributed by atoms with Gasteiger partial charge in [-0.1, -0.05) is 35.9 Å². The van der Waals surface area contributed by atoms with Crippen LogP contribution in [0.1, 0.15) is 12.5 Å². The molecule has 0 radical (unpaired) electrons. The van der Waals surface area contributed by atoms with Crippen LogP contribution >= 0.6 is 11.6 Å². The summed E-state index contributed by atoms with van der Waals surface area (Å²) in [6.45, 7) is 1.99. The number of halogens is 1. The van der Waals surface area contributed by atoms with Crippen molar-refractivity contribution in [1.29, 1.82) is 0 Å². The van der Waals surface area contributed by atoms with Gasteiger partial charge in [0.1, 0.15) is 0 Å². The fraction of sp³-hybridized carbons (Fsp3) is 0.250. The third-order valence-electron chi connectivity index (χ3n) is 3.11. The molecule has 0 heterocycles. The fourth-order valence-electron chi connectivity index (χ4n) is 2.06. The van der Waals surface area contributed by atoms with Crippen molar-refractivity contribution in [1.82, 2.24) is 0 Å². The summed E-state index contributed by atoms with van der Waals surface area (Å²) in [5.41, 5.74) is 9.12. The third kappa shape index (κ3) is 3.49. The molecule has 0 bridgehead atoms. The summed E-state index contributed by atoms with van der Waals surface area (Å²) in [5, 5.41) is 0.776. The first-order valence-electron chi connectivity index (χ1n) is 6.40. The number of nitrogens with zero attached hydrogens (tertiary/aromatic N) is 1. The van der Waals surface area contributed by atoms with Crippen molar-refractivity contribution in [2.24, 2.45) is 5.73 Å². The first-order valence-corrected chi connectivity index (χ1v) is 6.78. The van der Waals surface area contributed by atoms with Crippen molar-refractivity contribution in [3.8, 4) is 0 Å². The molecule has 0 spiro atoms. The van der Waals surface area contributed by atoms with Gasteiger partial charge in [0.15, 0.2) is 0 Å². The van der Waals surface area contributed by atoms with E-state index in [9.17, 15) is 0 Å². The van der Waals surface area contributed by atoms with E-state index >= 15 is 0 Å². The number of nitrogens with two attached hydrogens (primary N) is 1. The van der Waals surface area contributed by atoms with Gasteiger partial charge < -0.3 is 10.6 Å². The van der Waals surface area contributed by atoms with Gasteiger partial charge in [0.05, 0.1) is 0 Å². The number of para-hydroxylation sites is 1. The van der Waals surface area contributed by atoms with E-state index in [1.165, 1.54) is 0 Å². The molecule has 2 nitrogen and oxygen atoms in total. The monoisotopic (exact) mass is 274 g/mol. The summed E-state index contributed by atoms with van der Waals surface area (Å²) < 4.78 is 0. The maximum absolute atomic E-state index is 6.32. The first kappa shape index (κ1) is 13.9. The minimum atomic E-state index is 0.121. The predicted molar refractivity (Wildman–Crippen MR) is 83.3 cm³/mol. The molecule has 0 aliphatic rings. The summed E-state index contributed by atoms with van der Waals surface area (Å²) in [4.78, 5) is 2.11. The van der Waals surface area contributed by atoms with Gasteiger partial charge in [-0.15, -0.1) is 0 Å². The standard InChI is InChI=1S/C16H19ClN2/c1-12(18)10-13-8-9-15(11-16(13)17)19(2)14-6-4-3-5-7-14/h3-9,11-12H,10,18H2,1-2H3. The normalized spacial score (nSPS) is 12.2. The molecule has 100 valence electrons. The van der Waals surface area contributed by atoms with Gasteiger partial charge in [-0.3, -0.25) is 0 Å². The van der Waals surface area contributed by atoms with Crippen LogP contribution in [0.5, 0.6) is 0 Å². The Hall–Kier alpha value is -1.51. The van der Waals surface area contributed by atoms with E-state index in [1.54, 1.807) is 0 Å². The smallest absolute Gasteiger partial charge is 0.0459 e. The quantitative estimate of drug-likeness (QED) is 0.913. The molecule has 0 aromatic heterocycles. The Balaban J connectivity index is 2.25. The van der Waals surface area contributed by atoms with Crippen molar-refractivity contribution in [2.75, 3.05) is 11.9 Å². The molecular weight excluding hydrogens is 256 g/mol. The zero-order chi connectivity index (χ0) is 13.8. The Kier molecular flexibility index (Phi) is 4.46. The van der Waals surface area contributed by atoms with E-state index in [0.29, 0.717) is 0 Å². The van der Waals surface area contributed by atoms with Crippen LogP contribution in [0, 0.1) is 0 Å². The third-order valence-corrected chi connectivity index (χ3v) is 3.46. The van der Waals surface area contributed by atoms with Gasteiger partial charge in [0, 0.05) is 29.5 Å². The lowest BCUT2D eigenvalue weighted by Crippen LogP contribution is -2.18. The maximum atomic E-state index is 6.32. The van der Waals surface area contributed by atoms with Crippen LogP contribution in [0.3, 0.4) is 0 Å². The van der Waals surface area contributed by atoms with Gasteiger partial charge in [-0.25, -0.2) is 0 Å². The van der Waals surface area contributed by atoms with E-state index in [1.807, 2.05) is 38.2 Å². The minimum Gasteiger partial charge on any atom is -0.345 e. The summed E-state index contributed by atoms with van der Waals surface area (Å²) in [6, 6.07) is 16.5. The largest absolute Gasteiger partial charge is 0.345 e. The zero-order valence-corrected chi connectivity index (χ0v) is 12.1. The molecule has 0 aliphatic carbocycles. The van der Waals surface area contributed by atoms with E-state index in [2.05, 4.69) is 29.2 Å². The van der Waals surface area contributed by atoms with Gasteiger partial charge >= 0.3 is 0 Å². The lowest BCUT2D eigenvalue weighted by molar-refractivity contribution is 0.738. The van der Waals surface area contributed by atoms with E-state index < -0.39 is 0 Å². The summed E-state index contributed by atoms with van der Waals surface area (Å²) in [6.07, 6.45) is 0.800. The lowest BCUT2D eigenvalue weighted by atomic mass is 10.1. The van der Waals surface area contributed by atoms with Crippen LogP contribution in [0.4, 0.5) is 11.4 Å². The first-order chi connectivity index (χ1) is 9.08. The maximum Gasteiger partial charge on any atom is 0.0459 e. The number of hydrogen-bond acceptors (Lipinski definition) is 2. The molecule has 0 aliphatic heterocycles. The second-order valence-corrected chi connectivity index (χ2v) is 5.26. The molecular formula is C16H19ClN2. The van der Waals surface area contributed by atoms with Crippen molar-refractivity contribution < 1.29 is 0 Å². The van der Waals surface area contributed by atoms with Crippen molar-refractivity contribution in [3.05, 3.63) is 59.1 Å². The van der Waals surface area contributed by atoms with E-state index in [-0.39, 0.29) is 6.04 Å². The molecule has 2 N–H and O–H groups in total. The summed E-state index contributed by atoms with van der Waals surface area (Å²) in [7, 11) is 2.03. The Bertz CT molecular complexity index is 538. The molecule has 2 rings (SSSR count). The molecule has 2 aromatic rings. The van der Waals surface area contributed by atoms with Crippen LogP contribution in [-0.2, 0) is 6.42 Å².